The third kappa shape index (κ3) is 2.10. The Morgan fingerprint density at radius 2 is 1.72 bits per heavy atom. The first kappa shape index (κ1) is 11.7. The van der Waals surface area contributed by atoms with Crippen LogP contribution in [-0.4, -0.2) is 59.6 Å². The van der Waals surface area contributed by atoms with Crippen LogP contribution in [0, 0.1) is 0 Å². The third-order valence-corrected chi connectivity index (χ3v) is 5.69. The Morgan fingerprint density at radius 3 is 2.56 bits per heavy atom. The summed E-state index contributed by atoms with van der Waals surface area (Å²) in [6, 6.07) is 4.25. The Morgan fingerprint density at radius 1 is 0.889 bits per heavy atom. The second kappa shape index (κ2) is 4.46. The quantitative estimate of drug-likeness (QED) is 0.799. The number of fused-ring (bicyclic) bond motifs is 2. The van der Waals surface area contributed by atoms with Gasteiger partial charge in [-0.15, -0.1) is 0 Å². The summed E-state index contributed by atoms with van der Waals surface area (Å²) in [6.07, 6.45) is 8.55. The zero-order valence-corrected chi connectivity index (χ0v) is 11.6. The zero-order chi connectivity index (χ0) is 12.1. The lowest BCUT2D eigenvalue weighted by molar-refractivity contribution is 0.180. The SMILES string of the molecule is CC1CC(N2CCC3CCC(C2)N3)CN1C1CC1. The van der Waals surface area contributed by atoms with Crippen LogP contribution in [0.3, 0.4) is 0 Å². The molecule has 0 spiro atoms. The van der Waals surface area contributed by atoms with E-state index in [1.165, 1.54) is 58.2 Å². The zero-order valence-electron chi connectivity index (χ0n) is 11.6. The van der Waals surface area contributed by atoms with Gasteiger partial charge in [0.2, 0.25) is 0 Å². The molecule has 0 amide bonds. The molecule has 3 nitrogen and oxygen atoms in total. The molecule has 4 unspecified atom stereocenters. The Balaban J connectivity index is 1.41. The molecule has 4 atom stereocenters. The number of likely N-dealkylation sites (tertiary alicyclic amines) is 2. The molecular formula is C15H27N3. The highest BCUT2D eigenvalue weighted by atomic mass is 15.3. The monoisotopic (exact) mass is 249 g/mol. The van der Waals surface area contributed by atoms with Crippen molar-refractivity contribution in [1.82, 2.24) is 15.1 Å². The first-order chi connectivity index (χ1) is 8.79. The highest BCUT2D eigenvalue weighted by Crippen LogP contribution is 2.35. The fraction of sp³-hybridized carbons (Fsp3) is 1.00. The van der Waals surface area contributed by atoms with E-state index in [2.05, 4.69) is 22.0 Å². The van der Waals surface area contributed by atoms with E-state index < -0.39 is 0 Å². The van der Waals surface area contributed by atoms with Gasteiger partial charge in [-0.25, -0.2) is 0 Å². The van der Waals surface area contributed by atoms with Crippen LogP contribution in [0.25, 0.3) is 0 Å². The van der Waals surface area contributed by atoms with Gasteiger partial charge < -0.3 is 5.32 Å². The molecule has 0 aromatic carbocycles. The molecule has 3 saturated heterocycles. The van der Waals surface area contributed by atoms with Gasteiger partial charge in [-0.2, -0.15) is 0 Å². The lowest BCUT2D eigenvalue weighted by Gasteiger charge is -2.30. The van der Waals surface area contributed by atoms with Gasteiger partial charge in [0.1, 0.15) is 0 Å². The van der Waals surface area contributed by atoms with E-state index >= 15 is 0 Å². The standard InChI is InChI=1S/C15H27N3/c1-11-8-15(10-18(11)14-4-5-14)17-7-6-12-2-3-13(9-17)16-12/h11-16H,2-10H2,1H3. The van der Waals surface area contributed by atoms with Crippen molar-refractivity contribution in [2.75, 3.05) is 19.6 Å². The van der Waals surface area contributed by atoms with Gasteiger partial charge in [0.25, 0.3) is 0 Å². The Bertz CT molecular complexity index is 315. The van der Waals surface area contributed by atoms with E-state index in [4.69, 9.17) is 0 Å². The minimum Gasteiger partial charge on any atom is -0.310 e. The Labute approximate surface area is 111 Å². The van der Waals surface area contributed by atoms with Crippen LogP contribution in [-0.2, 0) is 0 Å². The van der Waals surface area contributed by atoms with Gasteiger partial charge in [0, 0.05) is 49.8 Å². The third-order valence-electron chi connectivity index (χ3n) is 5.69. The molecule has 1 saturated carbocycles. The largest absolute Gasteiger partial charge is 0.310 e. The number of hydrogen-bond donors (Lipinski definition) is 1. The first-order valence-corrected chi connectivity index (χ1v) is 8.05. The average Bonchev–Trinajstić information content (AvgIpc) is 3.02. The van der Waals surface area contributed by atoms with Crippen molar-refractivity contribution in [2.45, 2.75) is 75.7 Å². The van der Waals surface area contributed by atoms with Crippen LogP contribution < -0.4 is 5.32 Å². The van der Waals surface area contributed by atoms with E-state index in [0.29, 0.717) is 0 Å². The van der Waals surface area contributed by atoms with Gasteiger partial charge in [0.05, 0.1) is 0 Å². The molecule has 3 heteroatoms. The first-order valence-electron chi connectivity index (χ1n) is 8.05. The van der Waals surface area contributed by atoms with Gasteiger partial charge >= 0.3 is 0 Å². The van der Waals surface area contributed by atoms with Crippen molar-refractivity contribution in [3.8, 4) is 0 Å². The van der Waals surface area contributed by atoms with Crippen LogP contribution in [0.4, 0.5) is 0 Å². The molecule has 18 heavy (non-hydrogen) atoms. The number of nitrogens with one attached hydrogen (secondary N) is 1. The smallest absolute Gasteiger partial charge is 0.0238 e. The lowest BCUT2D eigenvalue weighted by atomic mass is 10.1. The van der Waals surface area contributed by atoms with E-state index in [1.54, 1.807) is 0 Å². The molecule has 0 aromatic heterocycles. The average molecular weight is 249 g/mol. The van der Waals surface area contributed by atoms with Crippen molar-refractivity contribution in [3.05, 3.63) is 0 Å². The summed E-state index contributed by atoms with van der Waals surface area (Å²) in [5.41, 5.74) is 0. The molecular weight excluding hydrogens is 222 g/mol. The second-order valence-electron chi connectivity index (χ2n) is 7.09. The van der Waals surface area contributed by atoms with Crippen molar-refractivity contribution in [2.24, 2.45) is 0 Å². The van der Waals surface area contributed by atoms with Gasteiger partial charge in [0.15, 0.2) is 0 Å². The molecule has 3 heterocycles. The van der Waals surface area contributed by atoms with Gasteiger partial charge in [-0.05, 0) is 45.4 Å². The van der Waals surface area contributed by atoms with E-state index in [9.17, 15) is 0 Å². The second-order valence-corrected chi connectivity index (χ2v) is 7.09. The van der Waals surface area contributed by atoms with E-state index in [0.717, 1.165) is 30.2 Å². The molecule has 3 aliphatic heterocycles. The summed E-state index contributed by atoms with van der Waals surface area (Å²) in [7, 11) is 0. The highest BCUT2D eigenvalue weighted by molar-refractivity contribution is 4.99. The minimum absolute atomic E-state index is 0.794. The molecule has 102 valence electrons. The van der Waals surface area contributed by atoms with Crippen molar-refractivity contribution >= 4 is 0 Å². The maximum absolute atomic E-state index is 3.81. The predicted octanol–water partition coefficient (Wildman–Crippen LogP) is 1.44. The molecule has 4 aliphatic rings. The van der Waals surface area contributed by atoms with Crippen molar-refractivity contribution in [1.29, 1.82) is 0 Å². The predicted molar refractivity (Wildman–Crippen MR) is 73.7 cm³/mol. The van der Waals surface area contributed by atoms with E-state index in [-0.39, 0.29) is 0 Å². The van der Waals surface area contributed by atoms with Crippen molar-refractivity contribution < 1.29 is 0 Å². The maximum atomic E-state index is 3.81. The molecule has 0 aromatic rings. The van der Waals surface area contributed by atoms with Crippen LogP contribution in [0.15, 0.2) is 0 Å². The minimum atomic E-state index is 0.794. The molecule has 2 bridgehead atoms. The fourth-order valence-electron chi connectivity index (χ4n) is 4.51. The van der Waals surface area contributed by atoms with E-state index in [1.807, 2.05) is 0 Å². The Kier molecular flexibility index (Phi) is 2.90. The van der Waals surface area contributed by atoms with Crippen LogP contribution in [0.5, 0.6) is 0 Å². The van der Waals surface area contributed by atoms with Gasteiger partial charge in [-0.1, -0.05) is 0 Å². The molecule has 1 aliphatic carbocycles. The summed E-state index contributed by atoms with van der Waals surface area (Å²) in [5.74, 6) is 0. The number of rotatable bonds is 2. The van der Waals surface area contributed by atoms with Gasteiger partial charge in [-0.3, -0.25) is 9.80 Å². The van der Waals surface area contributed by atoms with Crippen LogP contribution in [0.2, 0.25) is 0 Å². The Hall–Kier alpha value is -0.120. The lowest BCUT2D eigenvalue weighted by Crippen LogP contribution is -2.43. The summed E-state index contributed by atoms with van der Waals surface area (Å²) in [5, 5.41) is 3.81. The normalized spacial score (nSPS) is 46.5. The molecule has 0 radical (unpaired) electrons. The molecule has 4 rings (SSSR count). The summed E-state index contributed by atoms with van der Waals surface area (Å²) >= 11 is 0. The number of hydrogen-bond acceptors (Lipinski definition) is 3. The van der Waals surface area contributed by atoms with Crippen molar-refractivity contribution in [3.63, 3.8) is 0 Å². The topological polar surface area (TPSA) is 18.5 Å². The summed E-state index contributed by atoms with van der Waals surface area (Å²) < 4.78 is 0. The highest BCUT2D eigenvalue weighted by Gasteiger charge is 2.42. The summed E-state index contributed by atoms with van der Waals surface area (Å²) in [6.45, 7) is 6.44. The van der Waals surface area contributed by atoms with Crippen LogP contribution >= 0.6 is 0 Å². The molecule has 1 N–H and O–H groups in total. The maximum Gasteiger partial charge on any atom is 0.0238 e. The number of nitrogens with zero attached hydrogens (tertiary/aromatic N) is 2. The van der Waals surface area contributed by atoms with Crippen LogP contribution in [0.1, 0.15) is 45.4 Å². The summed E-state index contributed by atoms with van der Waals surface area (Å²) in [4.78, 5) is 5.61. The fourth-order valence-corrected chi connectivity index (χ4v) is 4.51. The molecule has 4 fully saturated rings.